The third-order valence-corrected chi connectivity index (χ3v) is 3.95. The van der Waals surface area contributed by atoms with E-state index in [0.717, 1.165) is 17.1 Å². The van der Waals surface area contributed by atoms with Crippen LogP contribution >= 0.6 is 0 Å². The molecule has 3 N–H and O–H groups in total. The molecule has 2 heterocycles. The lowest BCUT2D eigenvalue weighted by atomic mass is 10.1. The summed E-state index contributed by atoms with van der Waals surface area (Å²) in [6.07, 6.45) is 3.47. The molecule has 1 aromatic carbocycles. The lowest BCUT2D eigenvalue weighted by Gasteiger charge is -2.14. The molecule has 3 rings (SSSR count). The molecule has 0 aliphatic rings. The number of hydrogen-bond acceptors (Lipinski definition) is 6. The van der Waals surface area contributed by atoms with E-state index in [-0.39, 0.29) is 12.6 Å². The SMILES string of the molecule is Cc1ccc(CNc2cc(-c3ccncc3)nc(N[C@@H](C)CO)n2)cc1. The number of aliphatic hydroxyl groups excluding tert-OH is 1. The third kappa shape index (κ3) is 4.77. The van der Waals surface area contributed by atoms with Crippen LogP contribution in [-0.2, 0) is 6.54 Å². The van der Waals surface area contributed by atoms with E-state index in [2.05, 4.69) is 56.8 Å². The molecule has 6 heteroatoms. The Kier molecular flexibility index (Phi) is 5.76. The van der Waals surface area contributed by atoms with Crippen molar-refractivity contribution in [2.24, 2.45) is 0 Å². The van der Waals surface area contributed by atoms with Crippen molar-refractivity contribution in [3.63, 3.8) is 0 Å². The van der Waals surface area contributed by atoms with Crippen LogP contribution in [0.4, 0.5) is 11.8 Å². The topological polar surface area (TPSA) is 83.0 Å². The standard InChI is InChI=1S/C20H23N5O/c1-14-3-5-16(6-4-14)12-22-19-11-18(17-7-9-21-10-8-17)24-20(25-19)23-15(2)13-26/h3-11,15,26H,12-13H2,1-2H3,(H2,22,23,24,25)/t15-/m0/s1. The van der Waals surface area contributed by atoms with Gasteiger partial charge in [0.15, 0.2) is 0 Å². The first-order valence-corrected chi connectivity index (χ1v) is 8.60. The number of anilines is 2. The highest BCUT2D eigenvalue weighted by Gasteiger charge is 2.09. The highest BCUT2D eigenvalue weighted by Crippen LogP contribution is 2.21. The molecule has 134 valence electrons. The van der Waals surface area contributed by atoms with Crippen molar-refractivity contribution >= 4 is 11.8 Å². The van der Waals surface area contributed by atoms with Gasteiger partial charge in [-0.15, -0.1) is 0 Å². The van der Waals surface area contributed by atoms with E-state index < -0.39 is 0 Å². The van der Waals surface area contributed by atoms with Gasteiger partial charge in [0.25, 0.3) is 0 Å². The van der Waals surface area contributed by atoms with Gasteiger partial charge in [-0.25, -0.2) is 4.98 Å². The minimum atomic E-state index is -0.132. The Balaban J connectivity index is 1.85. The van der Waals surface area contributed by atoms with Crippen LogP contribution in [0.2, 0.25) is 0 Å². The molecule has 0 aliphatic heterocycles. The van der Waals surface area contributed by atoms with E-state index in [1.165, 1.54) is 11.1 Å². The Bertz CT molecular complexity index is 837. The fourth-order valence-corrected chi connectivity index (χ4v) is 2.44. The molecule has 2 aromatic heterocycles. The zero-order valence-electron chi connectivity index (χ0n) is 15.0. The quantitative estimate of drug-likeness (QED) is 0.607. The number of pyridine rings is 1. The average Bonchev–Trinajstić information content (AvgIpc) is 2.68. The first kappa shape index (κ1) is 17.8. The van der Waals surface area contributed by atoms with Gasteiger partial charge in [-0.2, -0.15) is 4.98 Å². The Labute approximate surface area is 153 Å². The smallest absolute Gasteiger partial charge is 0.225 e. The molecule has 0 fully saturated rings. The monoisotopic (exact) mass is 349 g/mol. The van der Waals surface area contributed by atoms with E-state index in [4.69, 9.17) is 0 Å². The zero-order chi connectivity index (χ0) is 18.4. The van der Waals surface area contributed by atoms with Gasteiger partial charge < -0.3 is 15.7 Å². The summed E-state index contributed by atoms with van der Waals surface area (Å²) in [5, 5.41) is 15.8. The lowest BCUT2D eigenvalue weighted by molar-refractivity contribution is 0.281. The molecule has 26 heavy (non-hydrogen) atoms. The van der Waals surface area contributed by atoms with Crippen LogP contribution in [0.25, 0.3) is 11.3 Å². The van der Waals surface area contributed by atoms with Gasteiger partial charge in [0.05, 0.1) is 12.3 Å². The molecule has 1 atom stereocenters. The number of nitrogens with zero attached hydrogens (tertiary/aromatic N) is 3. The first-order chi connectivity index (χ1) is 12.6. The molecule has 0 bridgehead atoms. The number of aryl methyl sites for hydroxylation is 1. The molecular formula is C20H23N5O. The molecular weight excluding hydrogens is 326 g/mol. The van der Waals surface area contributed by atoms with E-state index in [1.54, 1.807) is 12.4 Å². The second kappa shape index (κ2) is 8.40. The summed E-state index contributed by atoms with van der Waals surface area (Å²) in [7, 11) is 0. The number of benzene rings is 1. The van der Waals surface area contributed by atoms with Crippen LogP contribution in [0.1, 0.15) is 18.1 Å². The van der Waals surface area contributed by atoms with Crippen LogP contribution in [-0.4, -0.2) is 32.7 Å². The summed E-state index contributed by atoms with van der Waals surface area (Å²) in [6, 6.07) is 14.0. The fourth-order valence-electron chi connectivity index (χ4n) is 2.44. The summed E-state index contributed by atoms with van der Waals surface area (Å²) in [6.45, 7) is 4.63. The number of aromatic nitrogens is 3. The third-order valence-electron chi connectivity index (χ3n) is 3.95. The molecule has 0 saturated heterocycles. The average molecular weight is 349 g/mol. The molecule has 0 spiro atoms. The lowest BCUT2D eigenvalue weighted by Crippen LogP contribution is -2.21. The van der Waals surface area contributed by atoms with Crippen molar-refractivity contribution in [3.8, 4) is 11.3 Å². The Morgan fingerprint density at radius 1 is 1.04 bits per heavy atom. The van der Waals surface area contributed by atoms with Crippen LogP contribution < -0.4 is 10.6 Å². The number of hydrogen-bond donors (Lipinski definition) is 3. The number of nitrogens with one attached hydrogen (secondary N) is 2. The van der Waals surface area contributed by atoms with E-state index >= 15 is 0 Å². The van der Waals surface area contributed by atoms with Crippen LogP contribution in [0.5, 0.6) is 0 Å². The largest absolute Gasteiger partial charge is 0.394 e. The summed E-state index contributed by atoms with van der Waals surface area (Å²) in [5.74, 6) is 1.20. The molecule has 0 unspecified atom stereocenters. The molecule has 0 saturated carbocycles. The number of rotatable bonds is 7. The molecule has 0 amide bonds. The van der Waals surface area contributed by atoms with Crippen molar-refractivity contribution in [2.45, 2.75) is 26.4 Å². The van der Waals surface area contributed by atoms with Crippen molar-refractivity contribution in [2.75, 3.05) is 17.2 Å². The Morgan fingerprint density at radius 2 is 1.77 bits per heavy atom. The minimum Gasteiger partial charge on any atom is -0.394 e. The minimum absolute atomic E-state index is 0.00890. The van der Waals surface area contributed by atoms with Crippen LogP contribution in [0.3, 0.4) is 0 Å². The van der Waals surface area contributed by atoms with Crippen LogP contribution in [0.15, 0.2) is 54.9 Å². The highest BCUT2D eigenvalue weighted by molar-refractivity contribution is 5.64. The van der Waals surface area contributed by atoms with Crippen molar-refractivity contribution in [1.29, 1.82) is 0 Å². The zero-order valence-corrected chi connectivity index (χ0v) is 15.0. The van der Waals surface area contributed by atoms with Gasteiger partial charge in [-0.05, 0) is 31.5 Å². The summed E-state index contributed by atoms with van der Waals surface area (Å²) in [4.78, 5) is 13.1. The summed E-state index contributed by atoms with van der Waals surface area (Å²) < 4.78 is 0. The normalized spacial score (nSPS) is 11.8. The molecule has 3 aromatic rings. The van der Waals surface area contributed by atoms with E-state index in [0.29, 0.717) is 12.5 Å². The van der Waals surface area contributed by atoms with Gasteiger partial charge in [0, 0.05) is 36.6 Å². The molecule has 0 aliphatic carbocycles. The maximum absolute atomic E-state index is 9.28. The maximum atomic E-state index is 9.28. The first-order valence-electron chi connectivity index (χ1n) is 8.60. The Hall–Kier alpha value is -2.99. The van der Waals surface area contributed by atoms with E-state index in [1.807, 2.05) is 25.1 Å². The predicted molar refractivity (Wildman–Crippen MR) is 104 cm³/mol. The molecule has 6 nitrogen and oxygen atoms in total. The van der Waals surface area contributed by atoms with Gasteiger partial charge in [-0.3, -0.25) is 4.98 Å². The number of aliphatic hydroxyl groups is 1. The second-order valence-corrected chi connectivity index (χ2v) is 6.27. The predicted octanol–water partition coefficient (Wildman–Crippen LogP) is 3.25. The van der Waals surface area contributed by atoms with Crippen molar-refractivity contribution < 1.29 is 5.11 Å². The highest BCUT2D eigenvalue weighted by atomic mass is 16.3. The van der Waals surface area contributed by atoms with Gasteiger partial charge >= 0.3 is 0 Å². The Morgan fingerprint density at radius 3 is 2.46 bits per heavy atom. The van der Waals surface area contributed by atoms with Crippen LogP contribution in [0, 0.1) is 6.92 Å². The molecule has 0 radical (unpaired) electrons. The fraction of sp³-hybridized carbons (Fsp3) is 0.250. The second-order valence-electron chi connectivity index (χ2n) is 6.27. The summed E-state index contributed by atoms with van der Waals surface area (Å²) in [5.41, 5.74) is 4.17. The maximum Gasteiger partial charge on any atom is 0.225 e. The van der Waals surface area contributed by atoms with Crippen molar-refractivity contribution in [3.05, 3.63) is 66.0 Å². The van der Waals surface area contributed by atoms with Gasteiger partial charge in [0.2, 0.25) is 5.95 Å². The van der Waals surface area contributed by atoms with Crippen molar-refractivity contribution in [1.82, 2.24) is 15.0 Å². The van der Waals surface area contributed by atoms with Gasteiger partial charge in [0.1, 0.15) is 5.82 Å². The summed E-state index contributed by atoms with van der Waals surface area (Å²) >= 11 is 0. The van der Waals surface area contributed by atoms with Gasteiger partial charge in [-0.1, -0.05) is 29.8 Å². The van der Waals surface area contributed by atoms with E-state index in [9.17, 15) is 5.11 Å².